The van der Waals surface area contributed by atoms with Gasteiger partial charge in [-0.1, -0.05) is 24.8 Å². The van der Waals surface area contributed by atoms with Crippen molar-refractivity contribution in [2.45, 2.75) is 30.4 Å². The average Bonchev–Trinajstić information content (AvgIpc) is 2.46. The minimum Gasteiger partial charge on any atom is -0.395 e. The van der Waals surface area contributed by atoms with Crippen LogP contribution in [0.3, 0.4) is 0 Å². The van der Waals surface area contributed by atoms with Gasteiger partial charge in [0, 0.05) is 23.8 Å². The zero-order valence-corrected chi connectivity index (χ0v) is 14.1. The van der Waals surface area contributed by atoms with Gasteiger partial charge in [0.25, 0.3) is 0 Å². The lowest BCUT2D eigenvalue weighted by Gasteiger charge is -2.12. The van der Waals surface area contributed by atoms with Crippen molar-refractivity contribution >= 4 is 21.8 Å². The first-order valence-corrected chi connectivity index (χ1v) is 9.40. The van der Waals surface area contributed by atoms with Crippen LogP contribution in [-0.2, 0) is 10.0 Å². The molecule has 116 valence electrons. The lowest BCUT2D eigenvalue weighted by Crippen LogP contribution is -2.30. The molecular formula is C15H21NO3S2. The third kappa shape index (κ3) is 5.71. The number of thioether (sulfide) groups is 1. The molecule has 0 spiro atoms. The second-order valence-corrected chi connectivity index (χ2v) is 7.67. The van der Waals surface area contributed by atoms with Crippen molar-refractivity contribution in [3.63, 3.8) is 0 Å². The molecule has 0 aliphatic heterocycles. The summed E-state index contributed by atoms with van der Waals surface area (Å²) in [6, 6.07) is 5.10. The predicted molar refractivity (Wildman–Crippen MR) is 87.9 cm³/mol. The Morgan fingerprint density at radius 2 is 2.14 bits per heavy atom. The number of aliphatic hydroxyl groups is 1. The molecule has 1 rings (SSSR count). The molecule has 0 bridgehead atoms. The van der Waals surface area contributed by atoms with E-state index in [2.05, 4.69) is 16.6 Å². The fourth-order valence-electron chi connectivity index (χ4n) is 1.58. The highest BCUT2D eigenvalue weighted by atomic mass is 32.2. The van der Waals surface area contributed by atoms with Gasteiger partial charge in [0.2, 0.25) is 10.0 Å². The van der Waals surface area contributed by atoms with Gasteiger partial charge in [0.15, 0.2) is 0 Å². The van der Waals surface area contributed by atoms with Crippen LogP contribution in [0.5, 0.6) is 0 Å². The zero-order chi connectivity index (χ0) is 15.9. The Balaban J connectivity index is 3.00. The topological polar surface area (TPSA) is 66.4 Å². The highest BCUT2D eigenvalue weighted by Crippen LogP contribution is 2.17. The maximum absolute atomic E-state index is 12.3. The third-order valence-corrected chi connectivity index (χ3v) is 5.45. The molecule has 4 nitrogen and oxygen atoms in total. The molecule has 1 unspecified atom stereocenters. The van der Waals surface area contributed by atoms with Crippen LogP contribution in [-0.4, -0.2) is 38.2 Å². The molecule has 1 atom stereocenters. The van der Waals surface area contributed by atoms with E-state index < -0.39 is 10.0 Å². The van der Waals surface area contributed by atoms with Crippen molar-refractivity contribution in [2.24, 2.45) is 0 Å². The second kappa shape index (κ2) is 8.44. The van der Waals surface area contributed by atoms with Crippen LogP contribution in [0, 0.1) is 18.8 Å². The molecule has 0 heterocycles. The lowest BCUT2D eigenvalue weighted by atomic mass is 10.1. The Kier molecular flexibility index (Phi) is 7.26. The minimum atomic E-state index is -3.53. The van der Waals surface area contributed by atoms with Crippen LogP contribution in [0.15, 0.2) is 23.1 Å². The van der Waals surface area contributed by atoms with Crippen LogP contribution in [0.25, 0.3) is 0 Å². The number of aliphatic hydroxyl groups excluding tert-OH is 1. The molecule has 0 aromatic heterocycles. The summed E-state index contributed by atoms with van der Waals surface area (Å²) in [7, 11) is -3.53. The number of aryl methyl sites for hydroxylation is 1. The van der Waals surface area contributed by atoms with E-state index in [-0.39, 0.29) is 16.8 Å². The zero-order valence-electron chi connectivity index (χ0n) is 12.5. The smallest absolute Gasteiger partial charge is 0.240 e. The number of hydrogen-bond acceptors (Lipinski definition) is 4. The SMILES string of the molecule is CSC(C)CNS(=O)(=O)c1cc(C#CCCO)ccc1C. The van der Waals surface area contributed by atoms with Gasteiger partial charge in [-0.25, -0.2) is 13.1 Å². The van der Waals surface area contributed by atoms with Gasteiger partial charge < -0.3 is 5.11 Å². The van der Waals surface area contributed by atoms with Crippen LogP contribution in [0.2, 0.25) is 0 Å². The van der Waals surface area contributed by atoms with Crippen molar-refractivity contribution in [3.05, 3.63) is 29.3 Å². The van der Waals surface area contributed by atoms with E-state index in [9.17, 15) is 8.42 Å². The molecule has 0 radical (unpaired) electrons. The molecular weight excluding hydrogens is 306 g/mol. The molecule has 1 aromatic carbocycles. The fraction of sp³-hybridized carbons (Fsp3) is 0.467. The Bertz CT molecular complexity index is 630. The van der Waals surface area contributed by atoms with Gasteiger partial charge in [0.1, 0.15) is 0 Å². The van der Waals surface area contributed by atoms with Crippen molar-refractivity contribution in [3.8, 4) is 11.8 Å². The van der Waals surface area contributed by atoms with Gasteiger partial charge in [-0.2, -0.15) is 11.8 Å². The normalized spacial score (nSPS) is 12.6. The summed E-state index contributed by atoms with van der Waals surface area (Å²) in [6.07, 6.45) is 2.32. The second-order valence-electron chi connectivity index (χ2n) is 4.65. The van der Waals surface area contributed by atoms with Gasteiger partial charge >= 0.3 is 0 Å². The summed E-state index contributed by atoms with van der Waals surface area (Å²) >= 11 is 1.61. The van der Waals surface area contributed by atoms with Gasteiger partial charge in [-0.3, -0.25) is 0 Å². The van der Waals surface area contributed by atoms with E-state index in [0.29, 0.717) is 24.1 Å². The Morgan fingerprint density at radius 3 is 2.76 bits per heavy atom. The van der Waals surface area contributed by atoms with E-state index >= 15 is 0 Å². The number of nitrogens with one attached hydrogen (secondary N) is 1. The summed E-state index contributed by atoms with van der Waals surface area (Å²) in [6.45, 7) is 4.12. The quantitative estimate of drug-likeness (QED) is 0.781. The number of rotatable bonds is 6. The van der Waals surface area contributed by atoms with E-state index in [1.54, 1.807) is 36.9 Å². The Morgan fingerprint density at radius 1 is 1.43 bits per heavy atom. The van der Waals surface area contributed by atoms with Crippen LogP contribution >= 0.6 is 11.8 Å². The molecule has 21 heavy (non-hydrogen) atoms. The lowest BCUT2D eigenvalue weighted by molar-refractivity contribution is 0.305. The van der Waals surface area contributed by atoms with Crippen molar-refractivity contribution < 1.29 is 13.5 Å². The maximum Gasteiger partial charge on any atom is 0.240 e. The average molecular weight is 327 g/mol. The summed E-state index contributed by atoms with van der Waals surface area (Å²) in [5.74, 6) is 5.65. The molecule has 0 aliphatic rings. The molecule has 1 aromatic rings. The van der Waals surface area contributed by atoms with Crippen LogP contribution in [0.1, 0.15) is 24.5 Å². The largest absolute Gasteiger partial charge is 0.395 e. The van der Waals surface area contributed by atoms with E-state index in [4.69, 9.17) is 5.11 Å². The number of benzene rings is 1. The highest BCUT2D eigenvalue weighted by Gasteiger charge is 2.17. The first-order chi connectivity index (χ1) is 9.90. The maximum atomic E-state index is 12.3. The first kappa shape index (κ1) is 18.1. The molecule has 2 N–H and O–H groups in total. The van der Waals surface area contributed by atoms with Gasteiger partial charge in [-0.05, 0) is 30.9 Å². The van der Waals surface area contributed by atoms with E-state index in [0.717, 1.165) is 0 Å². The Labute approximate surface area is 131 Å². The van der Waals surface area contributed by atoms with Crippen molar-refractivity contribution in [1.29, 1.82) is 0 Å². The number of hydrogen-bond donors (Lipinski definition) is 2. The molecule has 6 heteroatoms. The van der Waals surface area contributed by atoms with Crippen molar-refractivity contribution in [1.82, 2.24) is 4.72 Å². The third-order valence-electron chi connectivity index (χ3n) is 2.91. The standard InChI is InChI=1S/C15H21NO3S2/c1-12-7-8-14(6-4-5-9-17)10-15(12)21(18,19)16-11-13(2)20-3/h7-8,10,13,16-17H,5,9,11H2,1-3H3. The first-order valence-electron chi connectivity index (χ1n) is 6.63. The molecule has 0 fully saturated rings. The number of sulfonamides is 1. The Hall–Kier alpha value is -1.00. The highest BCUT2D eigenvalue weighted by molar-refractivity contribution is 7.99. The van der Waals surface area contributed by atoms with E-state index in [1.807, 2.05) is 13.2 Å². The van der Waals surface area contributed by atoms with Crippen LogP contribution in [0.4, 0.5) is 0 Å². The monoisotopic (exact) mass is 327 g/mol. The van der Waals surface area contributed by atoms with Gasteiger partial charge in [0.05, 0.1) is 11.5 Å². The summed E-state index contributed by atoms with van der Waals surface area (Å²) in [5.41, 5.74) is 1.32. The van der Waals surface area contributed by atoms with Crippen molar-refractivity contribution in [2.75, 3.05) is 19.4 Å². The summed E-state index contributed by atoms with van der Waals surface area (Å²) < 4.78 is 27.3. The molecule has 0 saturated carbocycles. The van der Waals surface area contributed by atoms with E-state index in [1.165, 1.54) is 0 Å². The fourth-order valence-corrected chi connectivity index (χ4v) is 3.33. The predicted octanol–water partition coefficient (Wildman–Crippen LogP) is 1.76. The molecule has 0 amide bonds. The van der Waals surface area contributed by atoms with Gasteiger partial charge in [-0.15, -0.1) is 0 Å². The summed E-state index contributed by atoms with van der Waals surface area (Å²) in [4.78, 5) is 0.256. The molecule has 0 saturated heterocycles. The minimum absolute atomic E-state index is 0.00184. The molecule has 0 aliphatic carbocycles. The van der Waals surface area contributed by atoms with Crippen LogP contribution < -0.4 is 4.72 Å². The summed E-state index contributed by atoms with van der Waals surface area (Å²) in [5, 5.41) is 8.92.